The van der Waals surface area contributed by atoms with E-state index in [9.17, 15) is 24.3 Å². The number of unbranched alkanes of at least 4 members (excludes halogenated alkanes) is 2. The van der Waals surface area contributed by atoms with Crippen molar-refractivity contribution >= 4 is 24.2 Å². The first-order valence-electron chi connectivity index (χ1n) is 14.6. The molecule has 0 spiro atoms. The Morgan fingerprint density at radius 2 is 1.77 bits per heavy atom. The molecular formula is C33H40N4O6. The van der Waals surface area contributed by atoms with E-state index in [1.54, 1.807) is 37.3 Å². The maximum absolute atomic E-state index is 13.4. The molecule has 0 saturated heterocycles. The van der Waals surface area contributed by atoms with E-state index >= 15 is 0 Å². The number of rotatable bonds is 17. The molecule has 3 N–H and O–H groups in total. The Morgan fingerprint density at radius 1 is 1.00 bits per heavy atom. The van der Waals surface area contributed by atoms with Crippen LogP contribution in [-0.2, 0) is 21.0 Å². The fourth-order valence-corrected chi connectivity index (χ4v) is 4.85. The third kappa shape index (κ3) is 9.47. The van der Waals surface area contributed by atoms with E-state index in [2.05, 4.69) is 22.5 Å². The molecular weight excluding hydrogens is 548 g/mol. The van der Waals surface area contributed by atoms with Crippen LogP contribution >= 0.6 is 0 Å². The van der Waals surface area contributed by atoms with E-state index in [1.165, 1.54) is 11.1 Å². The Hall–Kier alpha value is -4.57. The van der Waals surface area contributed by atoms with Crippen LogP contribution in [0.5, 0.6) is 0 Å². The quantitative estimate of drug-likeness (QED) is 0.0861. The first-order chi connectivity index (χ1) is 20.8. The lowest BCUT2D eigenvalue weighted by Crippen LogP contribution is -2.48. The van der Waals surface area contributed by atoms with Crippen molar-refractivity contribution < 1.29 is 29.1 Å². The highest BCUT2D eigenvalue weighted by atomic mass is 16.7. The van der Waals surface area contributed by atoms with Crippen LogP contribution in [-0.4, -0.2) is 52.1 Å². The van der Waals surface area contributed by atoms with Gasteiger partial charge in [0.05, 0.1) is 29.9 Å². The molecule has 43 heavy (non-hydrogen) atoms. The number of carboxylic acid groups (broad SMARTS) is 1. The molecule has 0 aliphatic rings. The van der Waals surface area contributed by atoms with Crippen LogP contribution < -0.4 is 10.6 Å². The molecule has 228 valence electrons. The van der Waals surface area contributed by atoms with Gasteiger partial charge in [-0.3, -0.25) is 19.2 Å². The van der Waals surface area contributed by atoms with Gasteiger partial charge in [0.15, 0.2) is 0 Å². The van der Waals surface area contributed by atoms with Crippen molar-refractivity contribution in [2.24, 2.45) is 5.92 Å². The van der Waals surface area contributed by atoms with E-state index in [4.69, 9.17) is 4.84 Å². The monoisotopic (exact) mass is 588 g/mol. The third-order valence-electron chi connectivity index (χ3n) is 7.25. The second-order valence-electron chi connectivity index (χ2n) is 10.3. The molecule has 3 rings (SSSR count). The van der Waals surface area contributed by atoms with Gasteiger partial charge in [0.2, 0.25) is 12.3 Å². The van der Waals surface area contributed by atoms with E-state index in [-0.39, 0.29) is 30.4 Å². The zero-order valence-corrected chi connectivity index (χ0v) is 24.9. The molecule has 3 amide bonds. The second kappa shape index (κ2) is 16.8. The number of carbonyl (C=O) groups excluding carboxylic acids is 3. The van der Waals surface area contributed by atoms with Gasteiger partial charge in [-0.2, -0.15) is 0 Å². The summed E-state index contributed by atoms with van der Waals surface area (Å²) < 4.78 is 0. The van der Waals surface area contributed by atoms with Crippen LogP contribution in [0.3, 0.4) is 0 Å². The zero-order chi connectivity index (χ0) is 31.2. The Bertz CT molecular complexity index is 1380. The average molecular weight is 589 g/mol. The van der Waals surface area contributed by atoms with E-state index in [0.717, 1.165) is 24.8 Å². The number of hydroxylamine groups is 2. The number of aryl methyl sites for hydroxylation is 1. The maximum Gasteiger partial charge on any atom is 0.335 e. The Kier molecular flexibility index (Phi) is 12.8. The molecule has 0 fully saturated rings. The summed E-state index contributed by atoms with van der Waals surface area (Å²) in [5.74, 6) is -2.37. The molecule has 0 saturated carbocycles. The molecule has 10 nitrogen and oxygen atoms in total. The summed E-state index contributed by atoms with van der Waals surface area (Å²) in [6.45, 7) is 5.76. The first-order valence-corrected chi connectivity index (χ1v) is 14.6. The summed E-state index contributed by atoms with van der Waals surface area (Å²) in [5.41, 5.74) is 2.83. The van der Waals surface area contributed by atoms with Crippen LogP contribution in [0.2, 0.25) is 0 Å². The van der Waals surface area contributed by atoms with Crippen molar-refractivity contribution in [2.45, 2.75) is 65.5 Å². The minimum Gasteiger partial charge on any atom is -0.478 e. The Balaban J connectivity index is 1.66. The van der Waals surface area contributed by atoms with Gasteiger partial charge in [-0.1, -0.05) is 81.6 Å². The number of benzene rings is 2. The summed E-state index contributed by atoms with van der Waals surface area (Å²) in [6, 6.07) is 18.9. The lowest BCUT2D eigenvalue weighted by molar-refractivity contribution is -0.200. The van der Waals surface area contributed by atoms with Gasteiger partial charge in [0.1, 0.15) is 12.3 Å². The SMILES string of the molecule is CCCCC[C@@H](C(=O)NCNC(=O)c1cccc(-c2ccc(C)c(C(=O)O)c2)n1)[C@@H](CC)N(C=O)OCc1ccccc1. The third-order valence-corrected chi connectivity index (χ3v) is 7.25. The Morgan fingerprint density at radius 3 is 2.44 bits per heavy atom. The maximum atomic E-state index is 13.4. The van der Waals surface area contributed by atoms with Crippen LogP contribution in [0.4, 0.5) is 0 Å². The summed E-state index contributed by atoms with van der Waals surface area (Å²) in [5, 5.41) is 16.1. The fraction of sp³-hybridized carbons (Fsp3) is 0.364. The second-order valence-corrected chi connectivity index (χ2v) is 10.3. The van der Waals surface area contributed by atoms with Crippen LogP contribution in [0, 0.1) is 12.8 Å². The summed E-state index contributed by atoms with van der Waals surface area (Å²) >= 11 is 0. The topological polar surface area (TPSA) is 138 Å². The standard InChI is InChI=1S/C33H40N4O6/c1-4-6-8-14-26(30(5-2)37(22-38)43-20-24-12-9-7-10-13-24)31(39)34-21-35-32(40)29-16-11-15-28(36-29)25-18-17-23(3)27(19-25)33(41)42/h7,9-13,15-19,22,26,30H,4-6,8,14,20-21H2,1-3H3,(H,34,39)(H,35,40)(H,41,42)/t26-,30-/m1/s1. The van der Waals surface area contributed by atoms with E-state index < -0.39 is 23.8 Å². The molecule has 2 aromatic carbocycles. The fourth-order valence-electron chi connectivity index (χ4n) is 4.85. The summed E-state index contributed by atoms with van der Waals surface area (Å²) in [4.78, 5) is 60.0. The number of carboxylic acids is 1. The number of carbonyl (C=O) groups is 4. The molecule has 0 radical (unpaired) electrons. The highest BCUT2D eigenvalue weighted by Gasteiger charge is 2.32. The molecule has 0 aliphatic carbocycles. The predicted octanol–water partition coefficient (Wildman–Crippen LogP) is 5.12. The van der Waals surface area contributed by atoms with E-state index in [0.29, 0.717) is 36.1 Å². The predicted molar refractivity (Wildman–Crippen MR) is 163 cm³/mol. The molecule has 1 heterocycles. The van der Waals surface area contributed by atoms with Crippen molar-refractivity contribution in [3.05, 3.63) is 89.1 Å². The molecule has 3 aromatic rings. The highest BCUT2D eigenvalue weighted by molar-refractivity contribution is 5.94. The van der Waals surface area contributed by atoms with Crippen LogP contribution in [0.1, 0.15) is 77.9 Å². The van der Waals surface area contributed by atoms with Crippen LogP contribution in [0.15, 0.2) is 66.7 Å². The van der Waals surface area contributed by atoms with Gasteiger partial charge >= 0.3 is 5.97 Å². The van der Waals surface area contributed by atoms with Crippen molar-refractivity contribution in [1.82, 2.24) is 20.7 Å². The summed E-state index contributed by atoms with van der Waals surface area (Å²) in [6.07, 6.45) is 4.41. The van der Waals surface area contributed by atoms with Gasteiger partial charge < -0.3 is 15.7 Å². The number of aromatic nitrogens is 1. The number of pyridine rings is 1. The minimum atomic E-state index is -1.04. The Labute approximate surface area is 252 Å². The van der Waals surface area contributed by atoms with E-state index in [1.807, 2.05) is 37.3 Å². The number of amides is 3. The first kappa shape index (κ1) is 32.9. The minimum absolute atomic E-state index is 0.122. The van der Waals surface area contributed by atoms with Crippen molar-refractivity contribution in [3.8, 4) is 11.3 Å². The van der Waals surface area contributed by atoms with Gasteiger partial charge in [-0.25, -0.2) is 14.8 Å². The van der Waals surface area contributed by atoms with Gasteiger partial charge in [-0.05, 0) is 49.1 Å². The number of hydrogen-bond acceptors (Lipinski definition) is 6. The lowest BCUT2D eigenvalue weighted by Gasteiger charge is -2.32. The smallest absolute Gasteiger partial charge is 0.335 e. The van der Waals surface area contributed by atoms with Crippen molar-refractivity contribution in [3.63, 3.8) is 0 Å². The van der Waals surface area contributed by atoms with Crippen molar-refractivity contribution in [2.75, 3.05) is 6.67 Å². The lowest BCUT2D eigenvalue weighted by atomic mass is 9.90. The number of aromatic carboxylic acids is 1. The normalized spacial score (nSPS) is 12.2. The molecule has 1 aromatic heterocycles. The summed E-state index contributed by atoms with van der Waals surface area (Å²) in [7, 11) is 0. The molecule has 0 unspecified atom stereocenters. The largest absolute Gasteiger partial charge is 0.478 e. The highest BCUT2D eigenvalue weighted by Crippen LogP contribution is 2.23. The number of nitrogens with zero attached hydrogens (tertiary/aromatic N) is 2. The molecule has 0 bridgehead atoms. The molecule has 0 aliphatic heterocycles. The van der Waals surface area contributed by atoms with Gasteiger partial charge in [0, 0.05) is 5.56 Å². The molecule has 10 heteroatoms. The average Bonchev–Trinajstić information content (AvgIpc) is 3.02. The van der Waals surface area contributed by atoms with Crippen molar-refractivity contribution in [1.29, 1.82) is 0 Å². The van der Waals surface area contributed by atoms with Gasteiger partial charge in [-0.15, -0.1) is 0 Å². The molecule has 2 atom stereocenters. The van der Waals surface area contributed by atoms with Gasteiger partial charge in [0.25, 0.3) is 5.91 Å². The van der Waals surface area contributed by atoms with Crippen LogP contribution in [0.25, 0.3) is 11.3 Å². The number of nitrogens with one attached hydrogen (secondary N) is 2. The zero-order valence-electron chi connectivity index (χ0n) is 24.9. The number of hydrogen-bond donors (Lipinski definition) is 3.